The first-order valence-electron chi connectivity index (χ1n) is 7.70. The van der Waals surface area contributed by atoms with Gasteiger partial charge in [-0.2, -0.15) is 0 Å². The molecule has 1 saturated carbocycles. The Labute approximate surface area is 135 Å². The smallest absolute Gasteiger partial charge is 0.306 e. The molecule has 0 spiro atoms. The van der Waals surface area contributed by atoms with Crippen molar-refractivity contribution < 1.29 is 14.7 Å². The van der Waals surface area contributed by atoms with Crippen molar-refractivity contribution in [2.75, 3.05) is 5.75 Å². The minimum atomic E-state index is -0.710. The van der Waals surface area contributed by atoms with E-state index in [1.807, 2.05) is 6.07 Å². The fourth-order valence-corrected chi connectivity index (χ4v) is 3.60. The zero-order valence-corrected chi connectivity index (χ0v) is 13.7. The molecule has 1 aliphatic carbocycles. The number of aliphatic carboxylic acids is 1. The summed E-state index contributed by atoms with van der Waals surface area (Å²) >= 11 is 1.61. The van der Waals surface area contributed by atoms with E-state index < -0.39 is 5.97 Å². The summed E-state index contributed by atoms with van der Waals surface area (Å²) in [7, 11) is 0. The van der Waals surface area contributed by atoms with Crippen LogP contribution in [0.5, 0.6) is 0 Å². The Bertz CT molecular complexity index is 524. The van der Waals surface area contributed by atoms with Gasteiger partial charge in [0, 0.05) is 11.8 Å². The van der Waals surface area contributed by atoms with Crippen LogP contribution in [0.15, 0.2) is 24.3 Å². The molecule has 0 aliphatic heterocycles. The summed E-state index contributed by atoms with van der Waals surface area (Å²) in [5.74, 6) is 0.395. The van der Waals surface area contributed by atoms with Crippen molar-refractivity contribution in [2.45, 2.75) is 44.4 Å². The Hall–Kier alpha value is -1.49. The molecular weight excluding hydrogens is 298 g/mol. The Balaban J connectivity index is 1.65. The molecule has 1 aliphatic rings. The van der Waals surface area contributed by atoms with Gasteiger partial charge in [-0.05, 0) is 38.2 Å². The fraction of sp³-hybridized carbons (Fsp3) is 0.529. The number of amides is 1. The van der Waals surface area contributed by atoms with Crippen molar-refractivity contribution in [1.29, 1.82) is 0 Å². The summed E-state index contributed by atoms with van der Waals surface area (Å²) < 4.78 is 0. The van der Waals surface area contributed by atoms with Crippen molar-refractivity contribution in [3.63, 3.8) is 0 Å². The molecule has 120 valence electrons. The molecule has 0 bridgehead atoms. The first-order chi connectivity index (χ1) is 10.5. The molecule has 2 N–H and O–H groups in total. The minimum Gasteiger partial charge on any atom is -0.481 e. The first-order valence-corrected chi connectivity index (χ1v) is 8.85. The fourth-order valence-electron chi connectivity index (χ4n) is 2.82. The molecule has 1 aromatic rings. The Morgan fingerprint density at radius 1 is 1.27 bits per heavy atom. The van der Waals surface area contributed by atoms with Gasteiger partial charge in [-0.1, -0.05) is 29.8 Å². The van der Waals surface area contributed by atoms with Crippen molar-refractivity contribution in [1.82, 2.24) is 5.32 Å². The van der Waals surface area contributed by atoms with E-state index in [1.165, 1.54) is 11.1 Å². The maximum Gasteiger partial charge on any atom is 0.306 e. The second-order valence-electron chi connectivity index (χ2n) is 5.94. The second-order valence-corrected chi connectivity index (χ2v) is 6.92. The van der Waals surface area contributed by atoms with Gasteiger partial charge >= 0.3 is 5.97 Å². The number of carboxylic acid groups (broad SMARTS) is 1. The van der Waals surface area contributed by atoms with Crippen molar-refractivity contribution in [2.24, 2.45) is 5.92 Å². The summed E-state index contributed by atoms with van der Waals surface area (Å²) in [4.78, 5) is 22.8. The predicted molar refractivity (Wildman–Crippen MR) is 88.9 cm³/mol. The van der Waals surface area contributed by atoms with E-state index in [0.29, 0.717) is 18.6 Å². The van der Waals surface area contributed by atoms with E-state index in [1.54, 1.807) is 11.8 Å². The number of carbonyl (C=O) groups is 2. The number of aryl methyl sites for hydroxylation is 1. The van der Waals surface area contributed by atoms with Crippen LogP contribution in [0.2, 0.25) is 0 Å². The van der Waals surface area contributed by atoms with Crippen LogP contribution in [0.1, 0.15) is 36.8 Å². The van der Waals surface area contributed by atoms with Gasteiger partial charge in [0.15, 0.2) is 0 Å². The topological polar surface area (TPSA) is 66.4 Å². The van der Waals surface area contributed by atoms with Gasteiger partial charge in [0.05, 0.1) is 11.7 Å². The molecule has 1 amide bonds. The van der Waals surface area contributed by atoms with Gasteiger partial charge in [0.25, 0.3) is 0 Å². The standard InChI is InChI=1S/C17H23NO3S/c1-12-3-2-4-13(9-12)10-22-11-16(19)18-15-7-5-14(6-8-15)17(20)21/h2-4,9,14-15H,5-8,10-11H2,1H3,(H,18,19)(H,20,21). The minimum absolute atomic E-state index is 0.0522. The van der Waals surface area contributed by atoms with E-state index in [9.17, 15) is 9.59 Å². The molecule has 1 fully saturated rings. The van der Waals surface area contributed by atoms with Gasteiger partial charge < -0.3 is 10.4 Å². The molecule has 0 heterocycles. The molecule has 22 heavy (non-hydrogen) atoms. The normalized spacial score (nSPS) is 21.3. The second kappa shape index (κ2) is 8.22. The number of nitrogens with one attached hydrogen (secondary N) is 1. The van der Waals surface area contributed by atoms with E-state index in [-0.39, 0.29) is 17.9 Å². The third kappa shape index (κ3) is 5.37. The van der Waals surface area contributed by atoms with Crippen molar-refractivity contribution in [3.8, 4) is 0 Å². The number of benzene rings is 1. The van der Waals surface area contributed by atoms with Crippen LogP contribution in [0, 0.1) is 12.8 Å². The molecular formula is C17H23NO3S. The van der Waals surface area contributed by atoms with E-state index in [0.717, 1.165) is 18.6 Å². The van der Waals surface area contributed by atoms with Crippen molar-refractivity contribution >= 4 is 23.6 Å². The van der Waals surface area contributed by atoms with Crippen LogP contribution in [0.25, 0.3) is 0 Å². The highest BCUT2D eigenvalue weighted by atomic mass is 32.2. The van der Waals surface area contributed by atoms with Crippen LogP contribution in [0.4, 0.5) is 0 Å². The highest BCUT2D eigenvalue weighted by Gasteiger charge is 2.26. The molecule has 5 heteroatoms. The zero-order chi connectivity index (χ0) is 15.9. The lowest BCUT2D eigenvalue weighted by Crippen LogP contribution is -2.39. The van der Waals surface area contributed by atoms with Crippen LogP contribution >= 0.6 is 11.8 Å². The number of carboxylic acids is 1. The zero-order valence-electron chi connectivity index (χ0n) is 12.9. The molecule has 0 unspecified atom stereocenters. The maximum atomic E-state index is 11.9. The number of hydrogen-bond acceptors (Lipinski definition) is 3. The lowest BCUT2D eigenvalue weighted by molar-refractivity contribution is -0.142. The Morgan fingerprint density at radius 2 is 2.00 bits per heavy atom. The Morgan fingerprint density at radius 3 is 2.64 bits per heavy atom. The number of rotatable bonds is 6. The van der Waals surface area contributed by atoms with Crippen LogP contribution < -0.4 is 5.32 Å². The third-order valence-electron chi connectivity index (χ3n) is 4.03. The van der Waals surface area contributed by atoms with Crippen LogP contribution in [-0.2, 0) is 15.3 Å². The van der Waals surface area contributed by atoms with Gasteiger partial charge in [0.1, 0.15) is 0 Å². The molecule has 4 nitrogen and oxygen atoms in total. The van der Waals surface area contributed by atoms with Crippen LogP contribution in [0.3, 0.4) is 0 Å². The number of carbonyl (C=O) groups excluding carboxylic acids is 1. The third-order valence-corrected chi connectivity index (χ3v) is 5.03. The van der Waals surface area contributed by atoms with Gasteiger partial charge in [-0.25, -0.2) is 0 Å². The van der Waals surface area contributed by atoms with Crippen molar-refractivity contribution in [3.05, 3.63) is 35.4 Å². The summed E-state index contributed by atoms with van der Waals surface area (Å²) in [6.07, 6.45) is 2.87. The molecule has 0 radical (unpaired) electrons. The van der Waals surface area contributed by atoms with Gasteiger partial charge in [-0.3, -0.25) is 9.59 Å². The monoisotopic (exact) mass is 321 g/mol. The van der Waals surface area contributed by atoms with Gasteiger partial charge in [-0.15, -0.1) is 11.8 Å². The largest absolute Gasteiger partial charge is 0.481 e. The number of thioether (sulfide) groups is 1. The lowest BCUT2D eigenvalue weighted by Gasteiger charge is -2.26. The molecule has 1 aromatic carbocycles. The van der Waals surface area contributed by atoms with Crippen LogP contribution in [-0.4, -0.2) is 28.8 Å². The molecule has 0 aromatic heterocycles. The van der Waals surface area contributed by atoms with E-state index in [2.05, 4.69) is 30.4 Å². The average molecular weight is 321 g/mol. The molecule has 0 saturated heterocycles. The molecule has 0 atom stereocenters. The van der Waals surface area contributed by atoms with E-state index >= 15 is 0 Å². The predicted octanol–water partition coefficient (Wildman–Crippen LogP) is 2.99. The summed E-state index contributed by atoms with van der Waals surface area (Å²) in [5.41, 5.74) is 2.47. The Kier molecular flexibility index (Phi) is 6.31. The summed E-state index contributed by atoms with van der Waals surface area (Å²) in [6.45, 7) is 2.06. The summed E-state index contributed by atoms with van der Waals surface area (Å²) in [5, 5.41) is 12.0. The first kappa shape index (κ1) is 16.9. The molecule has 2 rings (SSSR count). The summed E-state index contributed by atoms with van der Waals surface area (Å²) in [6, 6.07) is 8.45. The number of hydrogen-bond donors (Lipinski definition) is 2. The highest BCUT2D eigenvalue weighted by molar-refractivity contribution is 7.99. The maximum absolute atomic E-state index is 11.9. The van der Waals surface area contributed by atoms with Gasteiger partial charge in [0.2, 0.25) is 5.91 Å². The highest BCUT2D eigenvalue weighted by Crippen LogP contribution is 2.24. The lowest BCUT2D eigenvalue weighted by atomic mass is 9.86. The van der Waals surface area contributed by atoms with E-state index in [4.69, 9.17) is 5.11 Å². The SMILES string of the molecule is Cc1cccc(CSCC(=O)NC2CCC(C(=O)O)CC2)c1. The quantitative estimate of drug-likeness (QED) is 0.845. The average Bonchev–Trinajstić information content (AvgIpc) is 2.48.